The molecule has 4 nitrogen and oxygen atoms in total. The highest BCUT2D eigenvalue weighted by molar-refractivity contribution is 7.98. The van der Waals surface area contributed by atoms with Gasteiger partial charge in [0.2, 0.25) is 0 Å². The Morgan fingerprint density at radius 3 is 2.23 bits per heavy atom. The fraction of sp³-hybridized carbons (Fsp3) is 0.259. The number of esters is 1. The van der Waals surface area contributed by atoms with Gasteiger partial charge in [-0.05, 0) is 60.4 Å². The predicted octanol–water partition coefficient (Wildman–Crippen LogP) is 7.13. The van der Waals surface area contributed by atoms with Gasteiger partial charge in [-0.1, -0.05) is 55.1 Å². The SMILES string of the molecule is CCOC(=O)c1ccc2c(c1)nc(SCc1ccc(CC)cc1)n2Cc1ccc(C(F)(F)F)cc1. The van der Waals surface area contributed by atoms with Gasteiger partial charge in [-0.2, -0.15) is 13.2 Å². The van der Waals surface area contributed by atoms with E-state index in [4.69, 9.17) is 9.72 Å². The molecule has 0 N–H and O–H groups in total. The van der Waals surface area contributed by atoms with Crippen LogP contribution in [0.25, 0.3) is 11.0 Å². The fourth-order valence-electron chi connectivity index (χ4n) is 3.71. The fourth-order valence-corrected chi connectivity index (χ4v) is 4.68. The molecule has 4 rings (SSSR count). The van der Waals surface area contributed by atoms with Gasteiger partial charge in [0.05, 0.1) is 35.3 Å². The number of benzene rings is 3. The first-order valence-electron chi connectivity index (χ1n) is 11.3. The highest BCUT2D eigenvalue weighted by Gasteiger charge is 2.30. The van der Waals surface area contributed by atoms with Crippen LogP contribution in [-0.2, 0) is 29.6 Å². The van der Waals surface area contributed by atoms with Crippen molar-refractivity contribution >= 4 is 28.8 Å². The lowest BCUT2D eigenvalue weighted by Crippen LogP contribution is -2.06. The average Bonchev–Trinajstić information content (AvgIpc) is 3.19. The van der Waals surface area contributed by atoms with Gasteiger partial charge in [0.25, 0.3) is 0 Å². The van der Waals surface area contributed by atoms with Crippen molar-refractivity contribution in [2.45, 2.75) is 43.9 Å². The van der Waals surface area contributed by atoms with Gasteiger partial charge in [-0.25, -0.2) is 9.78 Å². The molecule has 4 aromatic rings. The number of rotatable bonds is 8. The van der Waals surface area contributed by atoms with Gasteiger partial charge in [0.15, 0.2) is 5.16 Å². The number of halogens is 3. The zero-order valence-corrected chi connectivity index (χ0v) is 20.2. The van der Waals surface area contributed by atoms with Gasteiger partial charge in [0, 0.05) is 5.75 Å². The number of carbonyl (C=O) groups is 1. The van der Waals surface area contributed by atoms with Crippen molar-refractivity contribution in [2.24, 2.45) is 0 Å². The predicted molar refractivity (Wildman–Crippen MR) is 132 cm³/mol. The number of carbonyl (C=O) groups excluding carboxylic acids is 1. The number of aromatic nitrogens is 2. The van der Waals surface area contributed by atoms with E-state index < -0.39 is 17.7 Å². The van der Waals surface area contributed by atoms with E-state index in [2.05, 4.69) is 31.2 Å². The minimum absolute atomic E-state index is 0.275. The third kappa shape index (κ3) is 5.88. The summed E-state index contributed by atoms with van der Waals surface area (Å²) in [5, 5.41) is 0.723. The second-order valence-electron chi connectivity index (χ2n) is 8.06. The summed E-state index contributed by atoms with van der Waals surface area (Å²) in [7, 11) is 0. The second kappa shape index (κ2) is 10.6. The summed E-state index contributed by atoms with van der Waals surface area (Å²) in [6, 6.07) is 18.7. The largest absolute Gasteiger partial charge is 0.462 e. The molecule has 0 aliphatic carbocycles. The van der Waals surface area contributed by atoms with Crippen molar-refractivity contribution in [1.29, 1.82) is 0 Å². The van der Waals surface area contributed by atoms with Crippen LogP contribution < -0.4 is 0 Å². The number of hydrogen-bond acceptors (Lipinski definition) is 4. The number of alkyl halides is 3. The number of fused-ring (bicyclic) bond motifs is 1. The van der Waals surface area contributed by atoms with Crippen molar-refractivity contribution in [3.8, 4) is 0 Å². The van der Waals surface area contributed by atoms with E-state index in [1.54, 1.807) is 36.9 Å². The van der Waals surface area contributed by atoms with Crippen molar-refractivity contribution in [3.63, 3.8) is 0 Å². The summed E-state index contributed by atoms with van der Waals surface area (Å²) in [6.07, 6.45) is -3.41. The molecule has 0 atom stereocenters. The van der Waals surface area contributed by atoms with Crippen LogP contribution in [0.1, 0.15) is 46.5 Å². The maximum Gasteiger partial charge on any atom is 0.416 e. The van der Waals surface area contributed by atoms with Crippen LogP contribution in [0.5, 0.6) is 0 Å². The standard InChI is InChI=1S/C27H25F3N2O2S/c1-3-18-5-7-20(8-6-18)17-35-26-31-23-15-21(25(33)34-4-2)11-14-24(23)32(26)16-19-9-12-22(13-10-19)27(28,29)30/h5-15H,3-4,16-17H2,1-2H3. The van der Waals surface area contributed by atoms with Gasteiger partial charge in [-0.15, -0.1) is 0 Å². The number of thioether (sulfide) groups is 1. The Labute approximate surface area is 206 Å². The summed E-state index contributed by atoms with van der Waals surface area (Å²) in [4.78, 5) is 16.9. The molecule has 0 saturated heterocycles. The maximum atomic E-state index is 13.0. The van der Waals surface area contributed by atoms with E-state index in [0.29, 0.717) is 23.4 Å². The molecule has 0 radical (unpaired) electrons. The monoisotopic (exact) mass is 498 g/mol. The molecular formula is C27H25F3N2O2S. The lowest BCUT2D eigenvalue weighted by molar-refractivity contribution is -0.137. The summed E-state index contributed by atoms with van der Waals surface area (Å²) in [6.45, 7) is 4.48. The molecule has 0 amide bonds. The second-order valence-corrected chi connectivity index (χ2v) is 9.00. The quantitative estimate of drug-likeness (QED) is 0.191. The minimum atomic E-state index is -4.38. The van der Waals surface area contributed by atoms with Crippen LogP contribution in [0.3, 0.4) is 0 Å². The van der Waals surface area contributed by atoms with Crippen molar-refractivity contribution in [3.05, 3.63) is 94.5 Å². The van der Waals surface area contributed by atoms with E-state index in [1.807, 2.05) is 4.57 Å². The third-order valence-electron chi connectivity index (χ3n) is 5.65. The van der Waals surface area contributed by atoms with Crippen LogP contribution in [0.2, 0.25) is 0 Å². The first-order chi connectivity index (χ1) is 16.8. The number of hydrogen-bond donors (Lipinski definition) is 0. The van der Waals surface area contributed by atoms with Gasteiger partial charge in [0.1, 0.15) is 0 Å². The van der Waals surface area contributed by atoms with Crippen molar-refractivity contribution < 1.29 is 22.7 Å². The number of aryl methyl sites for hydroxylation is 1. The molecule has 0 unspecified atom stereocenters. The Morgan fingerprint density at radius 1 is 0.943 bits per heavy atom. The van der Waals surface area contributed by atoms with Crippen LogP contribution in [-0.4, -0.2) is 22.1 Å². The lowest BCUT2D eigenvalue weighted by Gasteiger charge is -2.11. The van der Waals surface area contributed by atoms with Gasteiger partial charge in [-0.3, -0.25) is 0 Å². The number of ether oxygens (including phenoxy) is 1. The summed E-state index contributed by atoms with van der Waals surface area (Å²) in [5.41, 5.74) is 4.28. The van der Waals surface area contributed by atoms with E-state index in [0.717, 1.165) is 40.4 Å². The molecule has 1 aromatic heterocycles. The zero-order chi connectivity index (χ0) is 25.0. The Morgan fingerprint density at radius 2 is 1.60 bits per heavy atom. The maximum absolute atomic E-state index is 13.0. The molecule has 0 saturated carbocycles. The van der Waals surface area contributed by atoms with E-state index in [9.17, 15) is 18.0 Å². The summed E-state index contributed by atoms with van der Waals surface area (Å²) < 4.78 is 46.0. The van der Waals surface area contributed by atoms with Crippen molar-refractivity contribution in [2.75, 3.05) is 6.61 Å². The highest BCUT2D eigenvalue weighted by atomic mass is 32.2. The van der Waals surface area contributed by atoms with Gasteiger partial charge < -0.3 is 9.30 Å². The molecule has 8 heteroatoms. The zero-order valence-electron chi connectivity index (χ0n) is 19.4. The Bertz CT molecular complexity index is 1310. The minimum Gasteiger partial charge on any atom is -0.462 e. The molecule has 0 fully saturated rings. The summed E-state index contributed by atoms with van der Waals surface area (Å²) >= 11 is 1.55. The van der Waals surface area contributed by atoms with Crippen LogP contribution in [0.15, 0.2) is 71.9 Å². The van der Waals surface area contributed by atoms with Crippen LogP contribution in [0, 0.1) is 0 Å². The molecule has 0 aliphatic heterocycles. The highest BCUT2D eigenvalue weighted by Crippen LogP contribution is 2.31. The van der Waals surface area contributed by atoms with E-state index >= 15 is 0 Å². The first kappa shape index (κ1) is 24.9. The molecule has 3 aromatic carbocycles. The molecule has 0 bridgehead atoms. The smallest absolute Gasteiger partial charge is 0.416 e. The first-order valence-corrected chi connectivity index (χ1v) is 12.3. The van der Waals surface area contributed by atoms with Crippen molar-refractivity contribution in [1.82, 2.24) is 9.55 Å². The molecular weight excluding hydrogens is 473 g/mol. The molecule has 35 heavy (non-hydrogen) atoms. The Hall–Kier alpha value is -3.26. The number of imidazole rings is 1. The molecule has 182 valence electrons. The van der Waals surface area contributed by atoms with E-state index in [-0.39, 0.29) is 6.61 Å². The normalized spacial score (nSPS) is 11.7. The molecule has 0 aliphatic rings. The molecule has 1 heterocycles. The van der Waals surface area contributed by atoms with Crippen LogP contribution in [0.4, 0.5) is 13.2 Å². The average molecular weight is 499 g/mol. The number of nitrogens with zero attached hydrogens (tertiary/aromatic N) is 2. The molecule has 0 spiro atoms. The Balaban J connectivity index is 1.66. The third-order valence-corrected chi connectivity index (χ3v) is 6.69. The van der Waals surface area contributed by atoms with E-state index in [1.165, 1.54) is 17.7 Å². The Kier molecular flexibility index (Phi) is 7.50. The topological polar surface area (TPSA) is 44.1 Å². The van der Waals surface area contributed by atoms with Crippen LogP contribution >= 0.6 is 11.8 Å². The summed E-state index contributed by atoms with van der Waals surface area (Å²) in [5.74, 6) is 0.266. The van der Waals surface area contributed by atoms with Gasteiger partial charge >= 0.3 is 12.1 Å². The lowest BCUT2D eigenvalue weighted by atomic mass is 10.1.